The lowest BCUT2D eigenvalue weighted by molar-refractivity contribution is 0.206. The summed E-state index contributed by atoms with van der Waals surface area (Å²) in [5.74, 6) is 0.865. The van der Waals surface area contributed by atoms with E-state index in [1.165, 1.54) is 58.3 Å². The van der Waals surface area contributed by atoms with Crippen molar-refractivity contribution in [2.24, 2.45) is 5.92 Å². The number of piperidine rings is 1. The van der Waals surface area contributed by atoms with Crippen molar-refractivity contribution in [1.82, 2.24) is 10.2 Å². The van der Waals surface area contributed by atoms with E-state index >= 15 is 0 Å². The smallest absolute Gasteiger partial charge is 0.0166 e. The number of rotatable bonds is 7. The van der Waals surface area contributed by atoms with Crippen LogP contribution in [0, 0.1) is 5.92 Å². The molecule has 0 bridgehead atoms. The van der Waals surface area contributed by atoms with Crippen molar-refractivity contribution in [3.8, 4) is 0 Å². The van der Waals surface area contributed by atoms with Crippen molar-refractivity contribution >= 4 is 0 Å². The molecule has 1 fully saturated rings. The van der Waals surface area contributed by atoms with Crippen molar-refractivity contribution < 1.29 is 0 Å². The minimum absolute atomic E-state index is 0.652. The molecule has 1 rings (SSSR count). The Bertz CT molecular complexity index is 160. The van der Waals surface area contributed by atoms with Gasteiger partial charge in [0.2, 0.25) is 0 Å². The third kappa shape index (κ3) is 5.31. The van der Waals surface area contributed by atoms with Gasteiger partial charge in [-0.1, -0.05) is 33.1 Å². The monoisotopic (exact) mass is 226 g/mol. The van der Waals surface area contributed by atoms with Gasteiger partial charge in [0.25, 0.3) is 0 Å². The van der Waals surface area contributed by atoms with Crippen LogP contribution in [0.1, 0.15) is 52.9 Å². The third-order valence-corrected chi connectivity index (χ3v) is 3.89. The average Bonchev–Trinajstić information content (AvgIpc) is 2.31. The number of hydrogen-bond acceptors (Lipinski definition) is 2. The maximum absolute atomic E-state index is 3.69. The van der Waals surface area contributed by atoms with Crippen molar-refractivity contribution in [2.45, 2.75) is 58.9 Å². The van der Waals surface area contributed by atoms with Gasteiger partial charge >= 0.3 is 0 Å². The van der Waals surface area contributed by atoms with E-state index in [0.717, 1.165) is 5.92 Å². The SMILES string of the molecule is CCC(CC)CNC(C)CN1CCCCC1. The summed E-state index contributed by atoms with van der Waals surface area (Å²) in [7, 11) is 0. The minimum atomic E-state index is 0.652. The molecule has 1 N–H and O–H groups in total. The van der Waals surface area contributed by atoms with Crippen LogP contribution in [0.15, 0.2) is 0 Å². The van der Waals surface area contributed by atoms with Crippen molar-refractivity contribution in [2.75, 3.05) is 26.2 Å². The minimum Gasteiger partial charge on any atom is -0.313 e. The molecule has 2 nitrogen and oxygen atoms in total. The summed E-state index contributed by atoms with van der Waals surface area (Å²) in [6.45, 7) is 12.0. The molecule has 16 heavy (non-hydrogen) atoms. The Hall–Kier alpha value is -0.0800. The predicted molar refractivity (Wildman–Crippen MR) is 71.8 cm³/mol. The zero-order chi connectivity index (χ0) is 11.8. The van der Waals surface area contributed by atoms with E-state index in [2.05, 4.69) is 31.0 Å². The second-order valence-electron chi connectivity index (χ2n) is 5.35. The first-order valence-electron chi connectivity index (χ1n) is 7.22. The first kappa shape index (κ1) is 14.0. The predicted octanol–water partition coefficient (Wildman–Crippen LogP) is 2.89. The van der Waals surface area contributed by atoms with Crippen LogP contribution >= 0.6 is 0 Å². The molecule has 0 aromatic carbocycles. The summed E-state index contributed by atoms with van der Waals surface area (Å²) in [6, 6.07) is 0.652. The summed E-state index contributed by atoms with van der Waals surface area (Å²) in [4.78, 5) is 2.62. The molecule has 1 aliphatic heterocycles. The molecule has 0 aliphatic carbocycles. The van der Waals surface area contributed by atoms with Crippen LogP contribution in [-0.4, -0.2) is 37.1 Å². The topological polar surface area (TPSA) is 15.3 Å². The highest BCUT2D eigenvalue weighted by atomic mass is 15.1. The molecule has 0 aromatic rings. The second-order valence-corrected chi connectivity index (χ2v) is 5.35. The van der Waals surface area contributed by atoms with Crippen LogP contribution in [-0.2, 0) is 0 Å². The Morgan fingerprint density at radius 3 is 2.25 bits per heavy atom. The Morgan fingerprint density at radius 2 is 1.69 bits per heavy atom. The van der Waals surface area contributed by atoms with Crippen molar-refractivity contribution in [3.63, 3.8) is 0 Å². The fourth-order valence-electron chi connectivity index (χ4n) is 2.54. The fraction of sp³-hybridized carbons (Fsp3) is 1.00. The fourth-order valence-corrected chi connectivity index (χ4v) is 2.54. The molecule has 2 heteroatoms. The van der Waals surface area contributed by atoms with E-state index in [1.807, 2.05) is 0 Å². The Morgan fingerprint density at radius 1 is 1.06 bits per heavy atom. The van der Waals surface area contributed by atoms with Gasteiger partial charge in [-0.2, -0.15) is 0 Å². The first-order valence-corrected chi connectivity index (χ1v) is 7.22. The zero-order valence-electron chi connectivity index (χ0n) is 11.5. The van der Waals surface area contributed by atoms with E-state index in [4.69, 9.17) is 0 Å². The number of hydrogen-bond donors (Lipinski definition) is 1. The highest BCUT2D eigenvalue weighted by Gasteiger charge is 2.13. The highest BCUT2D eigenvalue weighted by molar-refractivity contribution is 4.72. The van der Waals surface area contributed by atoms with Gasteiger partial charge < -0.3 is 10.2 Å². The van der Waals surface area contributed by atoms with Gasteiger partial charge in [-0.3, -0.25) is 0 Å². The number of likely N-dealkylation sites (tertiary alicyclic amines) is 1. The number of nitrogens with one attached hydrogen (secondary N) is 1. The second kappa shape index (κ2) is 8.08. The molecule has 1 unspecified atom stereocenters. The normalized spacial score (nSPS) is 20.2. The molecule has 1 heterocycles. The van der Waals surface area contributed by atoms with E-state index in [-0.39, 0.29) is 0 Å². The van der Waals surface area contributed by atoms with Crippen LogP contribution in [0.4, 0.5) is 0 Å². The van der Waals surface area contributed by atoms with Crippen LogP contribution in [0.2, 0.25) is 0 Å². The van der Waals surface area contributed by atoms with Gasteiger partial charge in [0.05, 0.1) is 0 Å². The molecule has 1 atom stereocenters. The molecule has 0 spiro atoms. The lowest BCUT2D eigenvalue weighted by Crippen LogP contribution is -2.42. The summed E-state index contributed by atoms with van der Waals surface area (Å²) in [6.07, 6.45) is 6.85. The molecular formula is C14H30N2. The Kier molecular flexibility index (Phi) is 7.06. The first-order chi connectivity index (χ1) is 7.76. The van der Waals surface area contributed by atoms with Gasteiger partial charge in [-0.25, -0.2) is 0 Å². The molecule has 1 aliphatic rings. The van der Waals surface area contributed by atoms with Crippen LogP contribution in [0.5, 0.6) is 0 Å². The Balaban J connectivity index is 2.11. The highest BCUT2D eigenvalue weighted by Crippen LogP contribution is 2.09. The van der Waals surface area contributed by atoms with Crippen LogP contribution in [0.3, 0.4) is 0 Å². The largest absolute Gasteiger partial charge is 0.313 e. The van der Waals surface area contributed by atoms with Gasteiger partial charge in [0.1, 0.15) is 0 Å². The maximum Gasteiger partial charge on any atom is 0.0166 e. The lowest BCUT2D eigenvalue weighted by Gasteiger charge is -2.30. The van der Waals surface area contributed by atoms with Crippen LogP contribution in [0.25, 0.3) is 0 Å². The average molecular weight is 226 g/mol. The zero-order valence-corrected chi connectivity index (χ0v) is 11.5. The van der Waals surface area contributed by atoms with Crippen LogP contribution < -0.4 is 5.32 Å². The summed E-state index contributed by atoms with van der Waals surface area (Å²) in [5.41, 5.74) is 0. The van der Waals surface area contributed by atoms with Gasteiger partial charge in [0.15, 0.2) is 0 Å². The summed E-state index contributed by atoms with van der Waals surface area (Å²) in [5, 5.41) is 3.69. The third-order valence-electron chi connectivity index (χ3n) is 3.89. The molecule has 96 valence electrons. The molecule has 0 saturated carbocycles. The van der Waals surface area contributed by atoms with E-state index in [1.54, 1.807) is 0 Å². The molecule has 0 radical (unpaired) electrons. The summed E-state index contributed by atoms with van der Waals surface area (Å²) >= 11 is 0. The molecule has 1 saturated heterocycles. The molecule has 0 aromatic heterocycles. The van der Waals surface area contributed by atoms with Gasteiger partial charge in [-0.15, -0.1) is 0 Å². The lowest BCUT2D eigenvalue weighted by atomic mass is 10.0. The summed E-state index contributed by atoms with van der Waals surface area (Å²) < 4.78 is 0. The molecule has 0 amide bonds. The standard InChI is InChI=1S/C14H30N2/c1-4-14(5-2)11-15-13(3)12-16-9-7-6-8-10-16/h13-15H,4-12H2,1-3H3. The van der Waals surface area contributed by atoms with Crippen molar-refractivity contribution in [3.05, 3.63) is 0 Å². The quantitative estimate of drug-likeness (QED) is 0.718. The van der Waals surface area contributed by atoms with E-state index in [9.17, 15) is 0 Å². The van der Waals surface area contributed by atoms with Gasteiger partial charge in [-0.05, 0) is 45.3 Å². The number of nitrogens with zero attached hydrogens (tertiary/aromatic N) is 1. The van der Waals surface area contributed by atoms with Crippen molar-refractivity contribution in [1.29, 1.82) is 0 Å². The van der Waals surface area contributed by atoms with E-state index in [0.29, 0.717) is 6.04 Å². The van der Waals surface area contributed by atoms with E-state index < -0.39 is 0 Å². The Labute approximate surface area is 102 Å². The maximum atomic E-state index is 3.69. The molecular weight excluding hydrogens is 196 g/mol. The van der Waals surface area contributed by atoms with Gasteiger partial charge in [0, 0.05) is 12.6 Å².